The maximum atomic E-state index is 10.7. The van der Waals surface area contributed by atoms with E-state index in [0.717, 1.165) is 16.1 Å². The van der Waals surface area contributed by atoms with Gasteiger partial charge in [0.2, 0.25) is 4.80 Å². The molecule has 0 aliphatic carbocycles. The topological polar surface area (TPSA) is 87.9 Å². The Labute approximate surface area is 145 Å². The molecule has 130 valence electrons. The van der Waals surface area contributed by atoms with Crippen LogP contribution >= 0.6 is 11.3 Å². The second-order valence-corrected chi connectivity index (χ2v) is 7.84. The Morgan fingerprint density at radius 3 is 2.88 bits per heavy atom. The third-order valence-corrected chi connectivity index (χ3v) is 5.28. The smallest absolute Gasteiger partial charge is 0.264 e. The lowest BCUT2D eigenvalue weighted by atomic mass is 10.3. The number of aromatic nitrogens is 2. The van der Waals surface area contributed by atoms with Crippen molar-refractivity contribution in [3.63, 3.8) is 0 Å². The van der Waals surface area contributed by atoms with E-state index in [9.17, 15) is 8.42 Å². The second kappa shape index (κ2) is 8.32. The van der Waals surface area contributed by atoms with Gasteiger partial charge in [-0.15, -0.1) is 16.4 Å². The van der Waals surface area contributed by atoms with E-state index in [-0.39, 0.29) is 5.75 Å². The standard InChI is InChI=1S/C15H20N4O3S2/c1-13-12-23-15(18(13)2)17-16-10-14-6-5-8-19(11-14)7-3-4-9-24(20,21)22/h5-6,8,10-12H,3-4,7,9H2,1-2H3/p+1/b16-10+,17-15-. The maximum absolute atomic E-state index is 10.7. The van der Waals surface area contributed by atoms with Gasteiger partial charge in [0.1, 0.15) is 6.54 Å². The molecule has 0 spiro atoms. The summed E-state index contributed by atoms with van der Waals surface area (Å²) in [6, 6.07) is 3.83. The van der Waals surface area contributed by atoms with Gasteiger partial charge in [-0.25, -0.2) is 4.57 Å². The number of nitrogens with zero attached hydrogens (tertiary/aromatic N) is 4. The molecule has 0 amide bonds. The van der Waals surface area contributed by atoms with Crippen molar-refractivity contribution in [3.8, 4) is 0 Å². The molecule has 24 heavy (non-hydrogen) atoms. The number of unbranched alkanes of at least 4 members (excludes halogenated alkanes) is 1. The minimum atomic E-state index is -3.87. The molecule has 2 rings (SSSR count). The molecule has 0 radical (unpaired) electrons. The number of hydrogen-bond donors (Lipinski definition) is 1. The number of thiazole rings is 1. The molecule has 1 N–H and O–H groups in total. The zero-order chi connectivity index (χ0) is 17.6. The van der Waals surface area contributed by atoms with Crippen molar-refractivity contribution in [2.45, 2.75) is 26.3 Å². The molecule has 0 unspecified atom stereocenters. The minimum Gasteiger partial charge on any atom is -0.323 e. The van der Waals surface area contributed by atoms with Crippen LogP contribution in [-0.2, 0) is 23.7 Å². The van der Waals surface area contributed by atoms with E-state index in [4.69, 9.17) is 4.55 Å². The van der Waals surface area contributed by atoms with Crippen molar-refractivity contribution in [3.05, 3.63) is 46.0 Å². The van der Waals surface area contributed by atoms with Crippen molar-refractivity contribution in [2.75, 3.05) is 5.75 Å². The zero-order valence-electron chi connectivity index (χ0n) is 13.7. The van der Waals surface area contributed by atoms with Crippen LogP contribution in [0.5, 0.6) is 0 Å². The summed E-state index contributed by atoms with van der Waals surface area (Å²) in [5.74, 6) is -0.204. The number of rotatable bonds is 7. The predicted molar refractivity (Wildman–Crippen MR) is 93.5 cm³/mol. The number of hydrogen-bond acceptors (Lipinski definition) is 5. The molecule has 2 aromatic rings. The van der Waals surface area contributed by atoms with Crippen LogP contribution in [0.15, 0.2) is 40.1 Å². The fourth-order valence-electron chi connectivity index (χ4n) is 2.02. The lowest BCUT2D eigenvalue weighted by Gasteiger charge is -1.98. The SMILES string of the molecule is Cc1cs/c(=N\N=C\c2ccc[n+](CCCCS(=O)(=O)O)c2)n1C. The van der Waals surface area contributed by atoms with E-state index >= 15 is 0 Å². The zero-order valence-corrected chi connectivity index (χ0v) is 15.3. The molecule has 0 atom stereocenters. The molecule has 0 bridgehead atoms. The van der Waals surface area contributed by atoms with E-state index in [1.165, 1.54) is 11.3 Å². The highest BCUT2D eigenvalue weighted by Gasteiger charge is 2.06. The van der Waals surface area contributed by atoms with Crippen molar-refractivity contribution in [2.24, 2.45) is 17.3 Å². The normalized spacial score (nSPS) is 13.0. The van der Waals surface area contributed by atoms with Crippen LogP contribution in [0.25, 0.3) is 0 Å². The van der Waals surface area contributed by atoms with Gasteiger partial charge in [0.25, 0.3) is 10.1 Å². The van der Waals surface area contributed by atoms with Gasteiger partial charge in [-0.05, 0) is 19.4 Å². The van der Waals surface area contributed by atoms with Crippen molar-refractivity contribution in [1.82, 2.24) is 4.57 Å². The summed E-state index contributed by atoms with van der Waals surface area (Å²) in [6.07, 6.45) is 6.61. The number of aryl methyl sites for hydroxylation is 2. The molecule has 0 saturated carbocycles. The lowest BCUT2D eigenvalue weighted by molar-refractivity contribution is -0.697. The van der Waals surface area contributed by atoms with Crippen LogP contribution in [0.4, 0.5) is 0 Å². The fraction of sp³-hybridized carbons (Fsp3) is 0.400. The van der Waals surface area contributed by atoms with Crippen LogP contribution in [0.3, 0.4) is 0 Å². The van der Waals surface area contributed by atoms with Crippen LogP contribution in [0.1, 0.15) is 24.1 Å². The van der Waals surface area contributed by atoms with Gasteiger partial charge in [0.15, 0.2) is 12.4 Å². The largest absolute Gasteiger partial charge is 0.323 e. The van der Waals surface area contributed by atoms with Crippen molar-refractivity contribution >= 4 is 27.7 Å². The summed E-state index contributed by atoms with van der Waals surface area (Å²) in [4.78, 5) is 0.831. The quantitative estimate of drug-likeness (QED) is 0.262. The van der Waals surface area contributed by atoms with Gasteiger partial charge in [-0.3, -0.25) is 4.55 Å². The lowest BCUT2D eigenvalue weighted by Crippen LogP contribution is -2.33. The van der Waals surface area contributed by atoms with Gasteiger partial charge in [0, 0.05) is 30.6 Å². The molecular weight excluding hydrogens is 348 g/mol. The maximum Gasteiger partial charge on any atom is 0.264 e. The molecule has 2 aromatic heterocycles. The fourth-order valence-corrected chi connectivity index (χ4v) is 3.42. The Kier molecular flexibility index (Phi) is 6.41. The molecule has 0 saturated heterocycles. The first-order valence-corrected chi connectivity index (χ1v) is 9.96. The van der Waals surface area contributed by atoms with Gasteiger partial charge in [-0.2, -0.15) is 13.5 Å². The average molecular weight is 369 g/mol. The van der Waals surface area contributed by atoms with E-state index in [1.54, 1.807) is 6.21 Å². The minimum absolute atomic E-state index is 0.204. The summed E-state index contributed by atoms with van der Waals surface area (Å²) in [7, 11) is -1.92. The van der Waals surface area contributed by atoms with Crippen LogP contribution in [0, 0.1) is 6.92 Å². The molecule has 2 heterocycles. The van der Waals surface area contributed by atoms with Crippen molar-refractivity contribution < 1.29 is 17.5 Å². The van der Waals surface area contributed by atoms with Gasteiger partial charge < -0.3 is 4.57 Å². The first-order valence-electron chi connectivity index (χ1n) is 7.47. The second-order valence-electron chi connectivity index (χ2n) is 5.43. The summed E-state index contributed by atoms with van der Waals surface area (Å²) in [6.45, 7) is 2.69. The van der Waals surface area contributed by atoms with E-state index < -0.39 is 10.1 Å². The number of pyridine rings is 1. The Morgan fingerprint density at radius 2 is 2.21 bits per heavy atom. The molecule has 0 aromatic carbocycles. The summed E-state index contributed by atoms with van der Waals surface area (Å²) in [5.41, 5.74) is 2.04. The first kappa shape index (κ1) is 18.5. The highest BCUT2D eigenvalue weighted by atomic mass is 32.2. The van der Waals surface area contributed by atoms with Gasteiger partial charge >= 0.3 is 0 Å². The van der Waals surface area contributed by atoms with Crippen LogP contribution < -0.4 is 9.37 Å². The summed E-state index contributed by atoms with van der Waals surface area (Å²) < 4.78 is 34.0. The highest BCUT2D eigenvalue weighted by Crippen LogP contribution is 1.97. The molecule has 0 fully saturated rings. The molecule has 9 heteroatoms. The first-order chi connectivity index (χ1) is 11.3. The van der Waals surface area contributed by atoms with Gasteiger partial charge in [0.05, 0.1) is 17.5 Å². The molecule has 0 aliphatic heterocycles. The van der Waals surface area contributed by atoms with E-state index in [0.29, 0.717) is 19.4 Å². The van der Waals surface area contributed by atoms with Crippen molar-refractivity contribution in [1.29, 1.82) is 0 Å². The van der Waals surface area contributed by atoms with Crippen LogP contribution in [0.2, 0.25) is 0 Å². The van der Waals surface area contributed by atoms with E-state index in [2.05, 4.69) is 10.2 Å². The van der Waals surface area contributed by atoms with Gasteiger partial charge in [-0.1, -0.05) is 0 Å². The molecule has 7 nitrogen and oxygen atoms in total. The Hall–Kier alpha value is -1.84. The Morgan fingerprint density at radius 1 is 1.42 bits per heavy atom. The summed E-state index contributed by atoms with van der Waals surface area (Å²) >= 11 is 1.54. The average Bonchev–Trinajstić information content (AvgIpc) is 2.83. The molecule has 0 aliphatic rings. The monoisotopic (exact) mass is 369 g/mol. The summed E-state index contributed by atoms with van der Waals surface area (Å²) in [5, 5.41) is 10.3. The Bertz CT molecular complexity index is 882. The highest BCUT2D eigenvalue weighted by molar-refractivity contribution is 7.85. The Balaban J connectivity index is 1.96. The third kappa shape index (κ3) is 5.99. The third-order valence-electron chi connectivity index (χ3n) is 3.45. The predicted octanol–water partition coefficient (Wildman–Crippen LogP) is 1.29. The van der Waals surface area contributed by atoms with E-state index in [1.807, 2.05) is 53.0 Å². The molecular formula is C15H21N4O3S2+. The van der Waals surface area contributed by atoms with Crippen LogP contribution in [-0.4, -0.2) is 29.5 Å².